The van der Waals surface area contributed by atoms with Crippen molar-refractivity contribution in [3.63, 3.8) is 0 Å². The molecule has 110 valence electrons. The van der Waals surface area contributed by atoms with Gasteiger partial charge in [0.05, 0.1) is 16.1 Å². The Kier molecular flexibility index (Phi) is 3.81. The van der Waals surface area contributed by atoms with Crippen LogP contribution in [0.1, 0.15) is 47.3 Å². The van der Waals surface area contributed by atoms with Gasteiger partial charge in [-0.05, 0) is 37.3 Å². The summed E-state index contributed by atoms with van der Waals surface area (Å²) < 4.78 is 13.6. The van der Waals surface area contributed by atoms with Crippen molar-refractivity contribution in [1.82, 2.24) is 4.98 Å². The predicted molar refractivity (Wildman–Crippen MR) is 79.5 cm³/mol. The average molecular weight is 308 g/mol. The van der Waals surface area contributed by atoms with E-state index in [2.05, 4.69) is 4.98 Å². The number of carboxylic acids is 1. The van der Waals surface area contributed by atoms with E-state index < -0.39 is 11.8 Å². The summed E-state index contributed by atoms with van der Waals surface area (Å²) in [5.41, 5.74) is 2.19. The minimum Gasteiger partial charge on any atom is -0.478 e. The molecule has 0 amide bonds. The van der Waals surface area contributed by atoms with E-state index in [0.29, 0.717) is 17.3 Å². The van der Waals surface area contributed by atoms with Gasteiger partial charge in [0.15, 0.2) is 0 Å². The van der Waals surface area contributed by atoms with Crippen molar-refractivity contribution in [3.05, 3.63) is 39.8 Å². The number of nitrogens with zero attached hydrogens (tertiary/aromatic N) is 1. The van der Waals surface area contributed by atoms with Gasteiger partial charge in [-0.1, -0.05) is 24.4 Å². The van der Waals surface area contributed by atoms with E-state index in [1.165, 1.54) is 12.1 Å². The minimum absolute atomic E-state index is 0.0717. The lowest BCUT2D eigenvalue weighted by Gasteiger charge is -2.17. The molecular weight excluding hydrogens is 293 g/mol. The fraction of sp³-hybridized carbons (Fsp3) is 0.375. The lowest BCUT2D eigenvalue weighted by atomic mass is 9.91. The molecule has 1 aliphatic carbocycles. The van der Waals surface area contributed by atoms with Crippen molar-refractivity contribution < 1.29 is 14.3 Å². The Bertz CT molecular complexity index is 730. The first-order valence-electron chi connectivity index (χ1n) is 7.11. The van der Waals surface area contributed by atoms with Gasteiger partial charge in [-0.25, -0.2) is 9.18 Å². The molecule has 1 aliphatic rings. The maximum Gasteiger partial charge on any atom is 0.336 e. The van der Waals surface area contributed by atoms with Gasteiger partial charge in [0.1, 0.15) is 5.82 Å². The molecule has 0 bridgehead atoms. The highest BCUT2D eigenvalue weighted by molar-refractivity contribution is 6.31. The Hall–Kier alpha value is -1.68. The van der Waals surface area contributed by atoms with Gasteiger partial charge < -0.3 is 5.11 Å². The predicted octanol–water partition coefficient (Wildman–Crippen LogP) is 4.38. The van der Waals surface area contributed by atoms with E-state index in [1.807, 2.05) is 0 Å². The molecule has 0 unspecified atom stereocenters. The highest BCUT2D eigenvalue weighted by Crippen LogP contribution is 2.31. The van der Waals surface area contributed by atoms with Crippen LogP contribution in [0.3, 0.4) is 0 Å². The number of pyridine rings is 1. The number of hydrogen-bond donors (Lipinski definition) is 1. The lowest BCUT2D eigenvalue weighted by molar-refractivity contribution is 0.0697. The third-order valence-corrected chi connectivity index (χ3v) is 4.31. The summed E-state index contributed by atoms with van der Waals surface area (Å²) in [7, 11) is 0. The Morgan fingerprint density at radius 1 is 1.19 bits per heavy atom. The van der Waals surface area contributed by atoms with Gasteiger partial charge in [-0.2, -0.15) is 0 Å². The van der Waals surface area contributed by atoms with Gasteiger partial charge >= 0.3 is 5.97 Å². The molecule has 1 aromatic heterocycles. The SMILES string of the molecule is O=C(O)c1c2c(nc3cc(F)c(Cl)cc13)CCCCCC2. The van der Waals surface area contributed by atoms with Crippen LogP contribution in [0.15, 0.2) is 12.1 Å². The van der Waals surface area contributed by atoms with Crippen molar-refractivity contribution in [1.29, 1.82) is 0 Å². The standard InChI is InChI=1S/C16H15ClFNO2/c17-11-7-10-14(8-12(11)18)19-13-6-4-2-1-3-5-9(13)15(10)16(20)21/h7-8H,1-6H2,(H,20,21). The molecule has 1 heterocycles. The lowest BCUT2D eigenvalue weighted by Crippen LogP contribution is -2.11. The largest absolute Gasteiger partial charge is 0.478 e. The second-order valence-electron chi connectivity index (χ2n) is 5.41. The first-order chi connectivity index (χ1) is 10.1. The topological polar surface area (TPSA) is 50.2 Å². The van der Waals surface area contributed by atoms with Crippen LogP contribution in [0.2, 0.25) is 5.02 Å². The van der Waals surface area contributed by atoms with E-state index in [0.717, 1.165) is 43.4 Å². The van der Waals surface area contributed by atoms with Gasteiger partial charge in [-0.3, -0.25) is 4.98 Å². The third kappa shape index (κ3) is 2.60. The quantitative estimate of drug-likeness (QED) is 0.850. The number of carboxylic acid groups (broad SMARTS) is 1. The fourth-order valence-electron chi connectivity index (χ4n) is 3.02. The molecule has 5 heteroatoms. The second-order valence-corrected chi connectivity index (χ2v) is 5.82. The number of aromatic nitrogens is 1. The number of benzene rings is 1. The number of hydrogen-bond acceptors (Lipinski definition) is 2. The highest BCUT2D eigenvalue weighted by Gasteiger charge is 2.21. The highest BCUT2D eigenvalue weighted by atomic mass is 35.5. The molecule has 2 aromatic rings. The molecule has 3 rings (SSSR count). The number of halogens is 2. The van der Waals surface area contributed by atoms with Crippen LogP contribution in [-0.2, 0) is 12.8 Å². The van der Waals surface area contributed by atoms with Crippen molar-refractivity contribution in [2.75, 3.05) is 0 Å². The summed E-state index contributed by atoms with van der Waals surface area (Å²) in [6, 6.07) is 2.60. The Balaban J connectivity index is 2.34. The molecule has 0 fully saturated rings. The minimum atomic E-state index is -0.998. The number of rotatable bonds is 1. The Labute approximate surface area is 126 Å². The van der Waals surface area contributed by atoms with E-state index in [-0.39, 0.29) is 10.6 Å². The van der Waals surface area contributed by atoms with Gasteiger partial charge in [0.25, 0.3) is 0 Å². The smallest absolute Gasteiger partial charge is 0.336 e. The zero-order chi connectivity index (χ0) is 15.0. The van der Waals surface area contributed by atoms with Gasteiger partial charge in [0, 0.05) is 17.1 Å². The van der Waals surface area contributed by atoms with Gasteiger partial charge in [-0.15, -0.1) is 0 Å². The van der Waals surface area contributed by atoms with Crippen LogP contribution in [0.5, 0.6) is 0 Å². The molecule has 0 aliphatic heterocycles. The van der Waals surface area contributed by atoms with Crippen molar-refractivity contribution in [3.8, 4) is 0 Å². The number of fused-ring (bicyclic) bond motifs is 2. The summed E-state index contributed by atoms with van der Waals surface area (Å²) in [6.45, 7) is 0. The number of carbonyl (C=O) groups is 1. The van der Waals surface area contributed by atoms with Crippen LogP contribution in [-0.4, -0.2) is 16.1 Å². The molecule has 0 saturated carbocycles. The van der Waals surface area contributed by atoms with E-state index >= 15 is 0 Å². The molecule has 0 saturated heterocycles. The monoisotopic (exact) mass is 307 g/mol. The molecule has 21 heavy (non-hydrogen) atoms. The summed E-state index contributed by atoms with van der Waals surface area (Å²) in [5.74, 6) is -1.57. The summed E-state index contributed by atoms with van der Waals surface area (Å²) >= 11 is 5.81. The molecule has 1 N–H and O–H groups in total. The van der Waals surface area contributed by atoms with Crippen LogP contribution < -0.4 is 0 Å². The number of aryl methyl sites for hydroxylation is 1. The third-order valence-electron chi connectivity index (χ3n) is 4.02. The van der Waals surface area contributed by atoms with E-state index in [9.17, 15) is 14.3 Å². The summed E-state index contributed by atoms with van der Waals surface area (Å²) in [6.07, 6.45) is 5.61. The number of aromatic carboxylic acids is 1. The average Bonchev–Trinajstić information content (AvgIpc) is 2.40. The Morgan fingerprint density at radius 2 is 1.90 bits per heavy atom. The Morgan fingerprint density at radius 3 is 2.62 bits per heavy atom. The van der Waals surface area contributed by atoms with Crippen LogP contribution in [0.25, 0.3) is 10.9 Å². The van der Waals surface area contributed by atoms with Crippen molar-refractivity contribution in [2.45, 2.75) is 38.5 Å². The van der Waals surface area contributed by atoms with Crippen LogP contribution in [0, 0.1) is 5.82 Å². The van der Waals surface area contributed by atoms with Crippen molar-refractivity contribution >= 4 is 28.5 Å². The molecular formula is C16H15ClFNO2. The van der Waals surface area contributed by atoms with Crippen molar-refractivity contribution in [2.24, 2.45) is 0 Å². The second kappa shape index (κ2) is 5.60. The molecule has 0 radical (unpaired) electrons. The molecule has 0 atom stereocenters. The summed E-state index contributed by atoms with van der Waals surface area (Å²) in [5, 5.41) is 9.95. The molecule has 3 nitrogen and oxygen atoms in total. The van der Waals surface area contributed by atoms with Crippen LogP contribution >= 0.6 is 11.6 Å². The van der Waals surface area contributed by atoms with Crippen LogP contribution in [0.4, 0.5) is 4.39 Å². The first-order valence-corrected chi connectivity index (χ1v) is 7.49. The fourth-order valence-corrected chi connectivity index (χ4v) is 3.18. The zero-order valence-corrected chi connectivity index (χ0v) is 12.2. The maximum atomic E-state index is 13.6. The van der Waals surface area contributed by atoms with E-state index in [4.69, 9.17) is 11.6 Å². The first kappa shape index (κ1) is 14.3. The molecule has 0 spiro atoms. The zero-order valence-electron chi connectivity index (χ0n) is 11.5. The summed E-state index contributed by atoms with van der Waals surface area (Å²) in [4.78, 5) is 16.2. The van der Waals surface area contributed by atoms with E-state index in [1.54, 1.807) is 0 Å². The van der Waals surface area contributed by atoms with Gasteiger partial charge in [0.2, 0.25) is 0 Å². The maximum absolute atomic E-state index is 13.6. The normalized spacial score (nSPS) is 15.3. The molecule has 1 aromatic carbocycles.